The van der Waals surface area contributed by atoms with Gasteiger partial charge in [-0.05, 0) is 24.3 Å². The molecule has 1 aromatic heterocycles. The molecule has 21 heavy (non-hydrogen) atoms. The maximum absolute atomic E-state index is 12.8. The van der Waals surface area contributed by atoms with E-state index in [1.807, 2.05) is 0 Å². The van der Waals surface area contributed by atoms with Crippen molar-refractivity contribution in [2.75, 3.05) is 0 Å². The van der Waals surface area contributed by atoms with Gasteiger partial charge in [0.2, 0.25) is 5.92 Å². The summed E-state index contributed by atoms with van der Waals surface area (Å²) < 4.78 is 30.7. The normalized spacial score (nSPS) is 20.7. The van der Waals surface area contributed by atoms with Crippen LogP contribution in [0, 0.1) is 5.92 Å². The van der Waals surface area contributed by atoms with E-state index in [-0.39, 0.29) is 31.1 Å². The second-order valence-electron chi connectivity index (χ2n) is 5.79. The smallest absolute Gasteiger partial charge is 0.336 e. The molecule has 0 atom stereocenters. The number of aryl methyl sites for hydroxylation is 1. The first kappa shape index (κ1) is 14.0. The largest absolute Gasteiger partial charge is 0.427 e. The molecule has 0 saturated heterocycles. The summed E-state index contributed by atoms with van der Waals surface area (Å²) in [6, 6.07) is 1.28. The number of amides is 1. The van der Waals surface area contributed by atoms with Gasteiger partial charge >= 0.3 is 5.63 Å². The summed E-state index contributed by atoms with van der Waals surface area (Å²) in [4.78, 5) is 23.6. The molecule has 0 bridgehead atoms. The Hall–Kier alpha value is -1.98. The zero-order chi connectivity index (χ0) is 15.2. The van der Waals surface area contributed by atoms with Crippen LogP contribution in [0.25, 0.3) is 0 Å². The van der Waals surface area contributed by atoms with Gasteiger partial charge in [-0.25, -0.2) is 13.6 Å². The first-order valence-electron chi connectivity index (χ1n) is 6.87. The van der Waals surface area contributed by atoms with E-state index >= 15 is 0 Å². The molecule has 3 rings (SSSR count). The highest BCUT2D eigenvalue weighted by molar-refractivity contribution is 5.98. The zero-order valence-corrected chi connectivity index (χ0v) is 11.4. The van der Waals surface area contributed by atoms with Crippen molar-refractivity contribution in [3.8, 4) is 0 Å². The summed E-state index contributed by atoms with van der Waals surface area (Å²) in [7, 11) is 0. The summed E-state index contributed by atoms with van der Waals surface area (Å²) in [5.74, 6) is -2.64. The summed E-state index contributed by atoms with van der Waals surface area (Å²) in [5, 5.41) is 2.61. The highest BCUT2D eigenvalue weighted by Gasteiger charge is 2.44. The molecule has 1 aliphatic carbocycles. The molecule has 112 valence electrons. The number of halogens is 2. The van der Waals surface area contributed by atoms with Crippen molar-refractivity contribution in [3.05, 3.63) is 45.6 Å². The maximum atomic E-state index is 12.8. The van der Waals surface area contributed by atoms with Crippen LogP contribution in [0.5, 0.6) is 0 Å². The number of allylic oxidation sites excluding steroid dienone is 1. The van der Waals surface area contributed by atoms with Crippen LogP contribution in [0.1, 0.15) is 40.9 Å². The van der Waals surface area contributed by atoms with Crippen LogP contribution >= 0.6 is 0 Å². The summed E-state index contributed by atoms with van der Waals surface area (Å²) >= 11 is 0. The lowest BCUT2D eigenvalue weighted by Gasteiger charge is -2.35. The molecule has 2 heterocycles. The number of carbonyl (C=O) groups excluding carboxylic acids is 1. The Morgan fingerprint density at radius 2 is 2.10 bits per heavy atom. The Morgan fingerprint density at radius 3 is 2.76 bits per heavy atom. The zero-order valence-electron chi connectivity index (χ0n) is 11.4. The number of rotatable bonds is 3. The van der Waals surface area contributed by atoms with E-state index in [0.717, 1.165) is 0 Å². The van der Waals surface area contributed by atoms with Crippen molar-refractivity contribution in [2.45, 2.75) is 38.0 Å². The van der Waals surface area contributed by atoms with Crippen LogP contribution in [0.3, 0.4) is 0 Å². The third kappa shape index (κ3) is 2.75. The third-order valence-electron chi connectivity index (χ3n) is 4.00. The molecule has 0 aromatic carbocycles. The number of fused-ring (bicyclic) bond motifs is 1. The lowest BCUT2D eigenvalue weighted by molar-refractivity contribution is -0.111. The monoisotopic (exact) mass is 295 g/mol. The molecule has 1 aliphatic heterocycles. The van der Waals surface area contributed by atoms with Gasteiger partial charge in [0, 0.05) is 31.0 Å². The Morgan fingerprint density at radius 1 is 1.38 bits per heavy atom. The van der Waals surface area contributed by atoms with Gasteiger partial charge in [-0.1, -0.05) is 6.58 Å². The van der Waals surface area contributed by atoms with Crippen molar-refractivity contribution in [1.82, 2.24) is 5.32 Å². The average molecular weight is 295 g/mol. The van der Waals surface area contributed by atoms with Crippen LogP contribution in [-0.4, -0.2) is 11.8 Å². The summed E-state index contributed by atoms with van der Waals surface area (Å²) in [5.41, 5.74) is 0.881. The molecule has 1 saturated carbocycles. The number of hydrogen-bond acceptors (Lipinski definition) is 3. The number of carbonyl (C=O) groups is 1. The SMILES string of the molecule is C=C1Cc2oc(=O)cc(CCC3CC(F)(F)C3)c2C(=O)N1. The van der Waals surface area contributed by atoms with E-state index in [1.165, 1.54) is 6.07 Å². The molecule has 1 N–H and O–H groups in total. The Balaban J connectivity index is 1.81. The number of nitrogens with one attached hydrogen (secondary N) is 1. The highest BCUT2D eigenvalue weighted by Crippen LogP contribution is 2.44. The molecule has 0 spiro atoms. The fourth-order valence-electron chi connectivity index (χ4n) is 3.00. The fourth-order valence-corrected chi connectivity index (χ4v) is 3.00. The minimum atomic E-state index is -2.55. The molecule has 0 radical (unpaired) electrons. The van der Waals surface area contributed by atoms with Crippen molar-refractivity contribution < 1.29 is 18.0 Å². The molecule has 0 unspecified atom stereocenters. The molecule has 6 heteroatoms. The molecule has 1 aromatic rings. The fraction of sp³-hybridized carbons (Fsp3) is 0.467. The number of hydrogen-bond donors (Lipinski definition) is 1. The standard InChI is InChI=1S/C15H15F2NO3/c1-8-4-11-13(14(20)18-8)10(5-12(19)21-11)3-2-9-6-15(16,17)7-9/h5,9H,1-4,6-7H2,(H,18,20). The third-order valence-corrected chi connectivity index (χ3v) is 4.00. The second-order valence-corrected chi connectivity index (χ2v) is 5.79. The topological polar surface area (TPSA) is 59.3 Å². The van der Waals surface area contributed by atoms with Crippen LogP contribution in [0.15, 0.2) is 27.6 Å². The van der Waals surface area contributed by atoms with Crippen molar-refractivity contribution in [3.63, 3.8) is 0 Å². The summed E-state index contributed by atoms with van der Waals surface area (Å²) in [6.45, 7) is 3.66. The van der Waals surface area contributed by atoms with E-state index in [0.29, 0.717) is 35.4 Å². The first-order valence-corrected chi connectivity index (χ1v) is 6.87. The maximum Gasteiger partial charge on any atom is 0.336 e. The van der Waals surface area contributed by atoms with Gasteiger partial charge in [-0.15, -0.1) is 0 Å². The van der Waals surface area contributed by atoms with Gasteiger partial charge in [-0.2, -0.15) is 0 Å². The minimum Gasteiger partial charge on any atom is -0.427 e. The predicted molar refractivity (Wildman–Crippen MR) is 71.3 cm³/mol. The number of alkyl halides is 2. The lowest BCUT2D eigenvalue weighted by Crippen LogP contribution is -2.36. The Kier molecular flexibility index (Phi) is 3.19. The average Bonchev–Trinajstić information content (AvgIpc) is 2.31. The van der Waals surface area contributed by atoms with Crippen LogP contribution < -0.4 is 10.9 Å². The molecular weight excluding hydrogens is 280 g/mol. The minimum absolute atomic E-state index is 0.0514. The second kappa shape index (κ2) is 4.79. The van der Waals surface area contributed by atoms with Crippen LogP contribution in [-0.2, 0) is 12.8 Å². The van der Waals surface area contributed by atoms with Gasteiger partial charge in [0.05, 0.1) is 5.56 Å². The van der Waals surface area contributed by atoms with Crippen molar-refractivity contribution >= 4 is 5.91 Å². The molecule has 1 amide bonds. The highest BCUT2D eigenvalue weighted by atomic mass is 19.3. The summed E-state index contributed by atoms with van der Waals surface area (Å²) in [6.07, 6.45) is 1.03. The van der Waals surface area contributed by atoms with E-state index < -0.39 is 11.5 Å². The van der Waals surface area contributed by atoms with Gasteiger partial charge in [0.25, 0.3) is 5.91 Å². The van der Waals surface area contributed by atoms with Gasteiger partial charge in [0.1, 0.15) is 5.76 Å². The van der Waals surface area contributed by atoms with Crippen LogP contribution in [0.2, 0.25) is 0 Å². The van der Waals surface area contributed by atoms with E-state index in [1.54, 1.807) is 0 Å². The van der Waals surface area contributed by atoms with E-state index in [4.69, 9.17) is 4.42 Å². The van der Waals surface area contributed by atoms with Crippen molar-refractivity contribution in [2.24, 2.45) is 5.92 Å². The van der Waals surface area contributed by atoms with Crippen LogP contribution in [0.4, 0.5) is 8.78 Å². The van der Waals surface area contributed by atoms with Gasteiger partial charge in [-0.3, -0.25) is 4.79 Å². The van der Waals surface area contributed by atoms with Gasteiger partial charge in [0.15, 0.2) is 0 Å². The Labute approximate surface area is 119 Å². The van der Waals surface area contributed by atoms with E-state index in [9.17, 15) is 18.4 Å². The molecule has 4 nitrogen and oxygen atoms in total. The predicted octanol–water partition coefficient (Wildman–Crippen LogP) is 2.42. The van der Waals surface area contributed by atoms with E-state index in [2.05, 4.69) is 11.9 Å². The molecule has 2 aliphatic rings. The van der Waals surface area contributed by atoms with Gasteiger partial charge < -0.3 is 9.73 Å². The first-order chi connectivity index (χ1) is 9.84. The van der Waals surface area contributed by atoms with Crippen molar-refractivity contribution in [1.29, 1.82) is 0 Å². The molecular formula is C15H15F2NO3. The molecule has 1 fully saturated rings. The quantitative estimate of drug-likeness (QED) is 0.931. The lowest BCUT2D eigenvalue weighted by atomic mass is 9.77. The Bertz CT molecular complexity index is 670.